The second-order valence-electron chi connectivity index (χ2n) is 5.96. The van der Waals surface area contributed by atoms with E-state index < -0.39 is 0 Å². The van der Waals surface area contributed by atoms with Crippen LogP contribution in [-0.4, -0.2) is 41.3 Å². The van der Waals surface area contributed by atoms with Gasteiger partial charge in [-0.25, -0.2) is 0 Å². The van der Waals surface area contributed by atoms with Crippen LogP contribution in [0, 0.1) is 0 Å². The highest BCUT2D eigenvalue weighted by atomic mass is 32.2. The second-order valence-corrected chi connectivity index (χ2v) is 6.93. The Bertz CT molecular complexity index is 454. The van der Waals surface area contributed by atoms with Crippen LogP contribution in [0.2, 0.25) is 0 Å². The summed E-state index contributed by atoms with van der Waals surface area (Å²) in [6, 6.07) is 0. The predicted octanol–water partition coefficient (Wildman–Crippen LogP) is 2.94. The third-order valence-corrected chi connectivity index (χ3v) is 5.25. The molecule has 3 rings (SSSR count). The van der Waals surface area contributed by atoms with Crippen molar-refractivity contribution in [3.63, 3.8) is 0 Å². The molecule has 1 saturated carbocycles. The topological polar surface area (TPSA) is 41.9 Å². The number of rotatable bonds is 0. The zero-order valence-corrected chi connectivity index (χ0v) is 13.0. The number of amidine groups is 1. The Kier molecular flexibility index (Phi) is 4.17. The van der Waals surface area contributed by atoms with E-state index in [2.05, 4.69) is 23.7 Å². The maximum atomic E-state index is 12.2. The lowest BCUT2D eigenvalue weighted by Crippen LogP contribution is -2.47. The zero-order chi connectivity index (χ0) is 14.1. The lowest BCUT2D eigenvalue weighted by Gasteiger charge is -2.35. The average molecular weight is 294 g/mol. The summed E-state index contributed by atoms with van der Waals surface area (Å²) in [5.74, 6) is -0.0197. The minimum atomic E-state index is -0.0197. The Morgan fingerprint density at radius 2 is 1.80 bits per heavy atom. The van der Waals surface area contributed by atoms with Gasteiger partial charge in [0, 0.05) is 13.1 Å². The molecule has 20 heavy (non-hydrogen) atoms. The number of ether oxygens (including phenoxy) is 1. The first kappa shape index (κ1) is 14.1. The quantitative estimate of drug-likeness (QED) is 0.644. The van der Waals surface area contributed by atoms with Gasteiger partial charge in [0.05, 0.1) is 17.1 Å². The Labute approximate surface area is 124 Å². The van der Waals surface area contributed by atoms with Crippen molar-refractivity contribution in [3.8, 4) is 0 Å². The van der Waals surface area contributed by atoms with Gasteiger partial charge in [0.2, 0.25) is 0 Å². The van der Waals surface area contributed by atoms with E-state index in [0.29, 0.717) is 0 Å². The van der Waals surface area contributed by atoms with Crippen LogP contribution in [0.5, 0.6) is 0 Å². The zero-order valence-electron chi connectivity index (χ0n) is 12.2. The molecule has 0 unspecified atom stereocenters. The van der Waals surface area contributed by atoms with Crippen molar-refractivity contribution in [1.82, 2.24) is 4.90 Å². The Hall–Kier alpha value is -0.810. The van der Waals surface area contributed by atoms with E-state index in [1.165, 1.54) is 24.8 Å². The molecule has 0 aromatic heterocycles. The van der Waals surface area contributed by atoms with Crippen molar-refractivity contribution in [2.75, 3.05) is 13.1 Å². The van der Waals surface area contributed by atoms with E-state index in [9.17, 15) is 4.79 Å². The first-order chi connectivity index (χ1) is 9.63. The molecule has 1 saturated heterocycles. The number of nitrogens with zero attached hydrogens (tertiary/aromatic N) is 2. The lowest BCUT2D eigenvalue weighted by molar-refractivity contribution is -0.113. The largest absolute Gasteiger partial charge is 0.372 e. The molecule has 0 bridgehead atoms. The highest BCUT2D eigenvalue weighted by molar-refractivity contribution is 8.18. The number of thioether (sulfide) groups is 1. The number of morpholine rings is 1. The van der Waals surface area contributed by atoms with Crippen molar-refractivity contribution in [2.24, 2.45) is 4.99 Å². The highest BCUT2D eigenvalue weighted by Crippen LogP contribution is 2.37. The summed E-state index contributed by atoms with van der Waals surface area (Å²) in [4.78, 5) is 19.6. The Balaban J connectivity index is 1.73. The minimum Gasteiger partial charge on any atom is -0.372 e. The van der Waals surface area contributed by atoms with Crippen LogP contribution in [0.4, 0.5) is 0 Å². The van der Waals surface area contributed by atoms with Crippen LogP contribution >= 0.6 is 11.8 Å². The second kappa shape index (κ2) is 5.90. The molecule has 2 fully saturated rings. The summed E-state index contributed by atoms with van der Waals surface area (Å²) >= 11 is 1.59. The maximum absolute atomic E-state index is 12.2. The van der Waals surface area contributed by atoms with Gasteiger partial charge in [-0.05, 0) is 51.3 Å². The van der Waals surface area contributed by atoms with Crippen molar-refractivity contribution >= 4 is 22.8 Å². The average Bonchev–Trinajstić information content (AvgIpc) is 2.81. The molecule has 0 aromatic rings. The van der Waals surface area contributed by atoms with Crippen molar-refractivity contribution < 1.29 is 9.53 Å². The SMILES string of the molecule is C[C@@H]1CN(C2=NC(=O)C(=C3CCCCC3)S2)C[C@H](C)O1. The number of carbonyl (C=O) groups is 1. The summed E-state index contributed by atoms with van der Waals surface area (Å²) in [7, 11) is 0. The smallest absolute Gasteiger partial charge is 0.286 e. The molecule has 1 aliphatic carbocycles. The predicted molar refractivity (Wildman–Crippen MR) is 81.7 cm³/mol. The lowest BCUT2D eigenvalue weighted by atomic mass is 9.94. The fraction of sp³-hybridized carbons (Fsp3) is 0.733. The third kappa shape index (κ3) is 2.93. The number of aliphatic imine (C=N–C) groups is 1. The summed E-state index contributed by atoms with van der Waals surface area (Å²) in [6.07, 6.45) is 6.27. The van der Waals surface area contributed by atoms with Gasteiger partial charge in [-0.3, -0.25) is 4.79 Å². The van der Waals surface area contributed by atoms with Gasteiger partial charge in [-0.1, -0.05) is 12.0 Å². The Morgan fingerprint density at radius 1 is 1.15 bits per heavy atom. The number of hydrogen-bond acceptors (Lipinski definition) is 4. The van der Waals surface area contributed by atoms with Crippen molar-refractivity contribution in [1.29, 1.82) is 0 Å². The molecule has 3 aliphatic rings. The minimum absolute atomic E-state index is 0.0197. The normalized spacial score (nSPS) is 31.8. The first-order valence-corrected chi connectivity index (χ1v) is 8.38. The van der Waals surface area contributed by atoms with E-state index >= 15 is 0 Å². The molecule has 0 aromatic carbocycles. The van der Waals surface area contributed by atoms with E-state index in [1.54, 1.807) is 11.8 Å². The monoisotopic (exact) mass is 294 g/mol. The van der Waals surface area contributed by atoms with Crippen molar-refractivity contribution in [3.05, 3.63) is 10.5 Å². The molecule has 0 radical (unpaired) electrons. The highest BCUT2D eigenvalue weighted by Gasteiger charge is 2.32. The van der Waals surface area contributed by atoms with E-state index in [1.807, 2.05) is 0 Å². The van der Waals surface area contributed by atoms with E-state index in [-0.39, 0.29) is 18.1 Å². The van der Waals surface area contributed by atoms with Gasteiger partial charge in [0.25, 0.3) is 5.91 Å². The van der Waals surface area contributed by atoms with Crippen LogP contribution in [0.1, 0.15) is 46.0 Å². The molecule has 5 heteroatoms. The van der Waals surface area contributed by atoms with Crippen LogP contribution in [-0.2, 0) is 9.53 Å². The molecule has 4 nitrogen and oxygen atoms in total. The first-order valence-electron chi connectivity index (χ1n) is 7.57. The van der Waals surface area contributed by atoms with Gasteiger partial charge >= 0.3 is 0 Å². The maximum Gasteiger partial charge on any atom is 0.286 e. The molecule has 110 valence electrons. The standard InChI is InChI=1S/C15H22N2O2S/c1-10-8-17(9-11(2)19-10)15-16-14(18)13(20-15)12-6-4-3-5-7-12/h10-11H,3-9H2,1-2H3/t10-,11+. The van der Waals surface area contributed by atoms with Gasteiger partial charge in [0.15, 0.2) is 5.17 Å². The molecular formula is C15H22N2O2S. The van der Waals surface area contributed by atoms with E-state index in [4.69, 9.17) is 4.74 Å². The van der Waals surface area contributed by atoms with Gasteiger partial charge < -0.3 is 9.64 Å². The van der Waals surface area contributed by atoms with Gasteiger partial charge in [-0.2, -0.15) is 4.99 Å². The third-order valence-electron chi connectivity index (χ3n) is 4.05. The number of hydrogen-bond donors (Lipinski definition) is 0. The summed E-state index contributed by atoms with van der Waals surface area (Å²) < 4.78 is 5.74. The van der Waals surface area contributed by atoms with Crippen LogP contribution in [0.3, 0.4) is 0 Å². The molecule has 0 spiro atoms. The fourth-order valence-electron chi connectivity index (χ4n) is 3.19. The molecular weight excluding hydrogens is 272 g/mol. The molecule has 2 aliphatic heterocycles. The fourth-order valence-corrected chi connectivity index (χ4v) is 4.26. The van der Waals surface area contributed by atoms with Crippen LogP contribution < -0.4 is 0 Å². The number of amides is 1. The van der Waals surface area contributed by atoms with E-state index in [0.717, 1.165) is 36.0 Å². The number of allylic oxidation sites excluding steroid dienone is 1. The molecule has 0 N–H and O–H groups in total. The summed E-state index contributed by atoms with van der Waals surface area (Å²) in [6.45, 7) is 5.80. The molecule has 2 heterocycles. The van der Waals surface area contributed by atoms with Crippen molar-refractivity contribution in [2.45, 2.75) is 58.2 Å². The van der Waals surface area contributed by atoms with Crippen LogP contribution in [0.15, 0.2) is 15.5 Å². The Morgan fingerprint density at radius 3 is 2.45 bits per heavy atom. The molecule has 1 amide bonds. The summed E-state index contributed by atoms with van der Waals surface area (Å²) in [5.41, 5.74) is 1.33. The van der Waals surface area contributed by atoms with Crippen LogP contribution in [0.25, 0.3) is 0 Å². The number of carbonyl (C=O) groups excluding carboxylic acids is 1. The van der Waals surface area contributed by atoms with Gasteiger partial charge in [0.1, 0.15) is 0 Å². The molecule has 2 atom stereocenters. The summed E-state index contributed by atoms with van der Waals surface area (Å²) in [5, 5.41) is 0.880. The van der Waals surface area contributed by atoms with Gasteiger partial charge in [-0.15, -0.1) is 0 Å².